The fourth-order valence-electron chi connectivity index (χ4n) is 3.38. The van der Waals surface area contributed by atoms with Crippen LogP contribution in [0.15, 0.2) is 48.5 Å². The van der Waals surface area contributed by atoms with Crippen molar-refractivity contribution in [1.29, 1.82) is 0 Å². The zero-order valence-corrected chi connectivity index (χ0v) is 14.9. The van der Waals surface area contributed by atoms with Gasteiger partial charge in [-0.3, -0.25) is 14.4 Å². The molecule has 1 unspecified atom stereocenters. The number of rotatable bonds is 6. The van der Waals surface area contributed by atoms with E-state index in [1.807, 2.05) is 6.07 Å². The van der Waals surface area contributed by atoms with E-state index in [0.29, 0.717) is 23.6 Å². The largest absolute Gasteiger partial charge is 0.480 e. The molecule has 2 aromatic carbocycles. The molecule has 1 aliphatic rings. The number of nitrogens with one attached hydrogen (secondary N) is 2. The van der Waals surface area contributed by atoms with Crippen LogP contribution in [0.1, 0.15) is 34.3 Å². The average molecular weight is 366 g/mol. The predicted molar refractivity (Wildman–Crippen MR) is 102 cm³/mol. The Balaban J connectivity index is 1.51. The normalized spacial score (nSPS) is 15.5. The summed E-state index contributed by atoms with van der Waals surface area (Å²) in [5.41, 5.74) is 3.67. The Labute approximate surface area is 157 Å². The topological polar surface area (TPSA) is 95.5 Å². The Morgan fingerprint density at radius 2 is 1.70 bits per heavy atom. The van der Waals surface area contributed by atoms with E-state index in [2.05, 4.69) is 28.8 Å². The van der Waals surface area contributed by atoms with Gasteiger partial charge in [-0.2, -0.15) is 0 Å². The van der Waals surface area contributed by atoms with E-state index in [9.17, 15) is 14.4 Å². The maximum atomic E-state index is 12.3. The molecule has 27 heavy (non-hydrogen) atoms. The second-order valence-electron chi connectivity index (χ2n) is 6.78. The fourth-order valence-corrected chi connectivity index (χ4v) is 3.38. The Kier molecular flexibility index (Phi) is 5.86. The SMILES string of the molecule is O=C(O)CNC(=O)c1ccc(NC(=O)CC2CCc3ccccc3C2)cc1. The van der Waals surface area contributed by atoms with Crippen LogP contribution >= 0.6 is 0 Å². The number of aryl methyl sites for hydroxylation is 1. The summed E-state index contributed by atoms with van der Waals surface area (Å²) in [6, 6.07) is 14.8. The predicted octanol–water partition coefficient (Wildman–Crippen LogP) is 2.63. The van der Waals surface area contributed by atoms with Gasteiger partial charge in [-0.05, 0) is 60.6 Å². The number of carbonyl (C=O) groups excluding carboxylic acids is 2. The third kappa shape index (κ3) is 5.17. The van der Waals surface area contributed by atoms with Gasteiger partial charge >= 0.3 is 5.97 Å². The number of aliphatic carboxylic acids is 1. The molecule has 0 spiro atoms. The molecule has 0 aromatic heterocycles. The molecule has 1 atom stereocenters. The maximum Gasteiger partial charge on any atom is 0.322 e. The molecule has 3 rings (SSSR count). The summed E-state index contributed by atoms with van der Waals surface area (Å²) in [6.07, 6.45) is 3.41. The minimum Gasteiger partial charge on any atom is -0.480 e. The molecular weight excluding hydrogens is 344 g/mol. The van der Waals surface area contributed by atoms with Crippen molar-refractivity contribution in [2.24, 2.45) is 5.92 Å². The summed E-state index contributed by atoms with van der Waals surface area (Å²) in [5, 5.41) is 13.7. The Morgan fingerprint density at radius 3 is 2.41 bits per heavy atom. The lowest BCUT2D eigenvalue weighted by Gasteiger charge is -2.24. The highest BCUT2D eigenvalue weighted by molar-refractivity contribution is 5.97. The summed E-state index contributed by atoms with van der Waals surface area (Å²) in [4.78, 5) is 34.6. The van der Waals surface area contributed by atoms with Crippen LogP contribution in [0, 0.1) is 5.92 Å². The van der Waals surface area contributed by atoms with Crippen molar-refractivity contribution < 1.29 is 19.5 Å². The molecule has 6 nitrogen and oxygen atoms in total. The van der Waals surface area contributed by atoms with E-state index < -0.39 is 18.4 Å². The summed E-state index contributed by atoms with van der Waals surface area (Å²) in [7, 11) is 0. The van der Waals surface area contributed by atoms with Crippen molar-refractivity contribution in [2.45, 2.75) is 25.7 Å². The van der Waals surface area contributed by atoms with Crippen molar-refractivity contribution in [3.05, 3.63) is 65.2 Å². The first-order valence-electron chi connectivity index (χ1n) is 8.98. The lowest BCUT2D eigenvalue weighted by molar-refractivity contribution is -0.135. The van der Waals surface area contributed by atoms with Crippen LogP contribution in [0.3, 0.4) is 0 Å². The van der Waals surface area contributed by atoms with E-state index in [1.54, 1.807) is 24.3 Å². The van der Waals surface area contributed by atoms with Crippen molar-refractivity contribution in [1.82, 2.24) is 5.32 Å². The number of carboxylic acid groups (broad SMARTS) is 1. The second kappa shape index (κ2) is 8.49. The first kappa shape index (κ1) is 18.6. The molecule has 1 aliphatic carbocycles. The second-order valence-corrected chi connectivity index (χ2v) is 6.78. The smallest absolute Gasteiger partial charge is 0.322 e. The Hall–Kier alpha value is -3.15. The van der Waals surface area contributed by atoms with E-state index in [1.165, 1.54) is 11.1 Å². The minimum absolute atomic E-state index is 0.0394. The molecule has 0 saturated heterocycles. The zero-order chi connectivity index (χ0) is 19.2. The van der Waals surface area contributed by atoms with Gasteiger partial charge in [-0.25, -0.2) is 0 Å². The fraction of sp³-hybridized carbons (Fsp3) is 0.286. The highest BCUT2D eigenvalue weighted by Gasteiger charge is 2.20. The van der Waals surface area contributed by atoms with E-state index >= 15 is 0 Å². The van der Waals surface area contributed by atoms with Crippen LogP contribution in [0.2, 0.25) is 0 Å². The Bertz CT molecular complexity index is 846. The minimum atomic E-state index is -1.10. The summed E-state index contributed by atoms with van der Waals surface area (Å²) in [5.74, 6) is -1.27. The standard InChI is InChI=1S/C21H22N2O4/c24-19(12-14-5-6-15-3-1-2-4-17(15)11-14)23-18-9-7-16(8-10-18)21(27)22-13-20(25)26/h1-4,7-10,14H,5-6,11-13H2,(H,22,27)(H,23,24)(H,25,26). The summed E-state index contributed by atoms with van der Waals surface area (Å²) < 4.78 is 0. The number of hydrogen-bond donors (Lipinski definition) is 3. The van der Waals surface area contributed by atoms with Crippen molar-refractivity contribution in [3.63, 3.8) is 0 Å². The van der Waals surface area contributed by atoms with E-state index in [0.717, 1.165) is 19.3 Å². The van der Waals surface area contributed by atoms with Crippen LogP contribution < -0.4 is 10.6 Å². The molecule has 0 aliphatic heterocycles. The molecule has 3 N–H and O–H groups in total. The van der Waals surface area contributed by atoms with Gasteiger partial charge < -0.3 is 15.7 Å². The van der Waals surface area contributed by atoms with Gasteiger partial charge in [0.1, 0.15) is 6.54 Å². The van der Waals surface area contributed by atoms with Crippen LogP contribution in [0.4, 0.5) is 5.69 Å². The van der Waals surface area contributed by atoms with Crippen LogP contribution in [-0.2, 0) is 22.4 Å². The third-order valence-electron chi connectivity index (χ3n) is 4.75. The highest BCUT2D eigenvalue weighted by Crippen LogP contribution is 2.27. The number of fused-ring (bicyclic) bond motifs is 1. The molecular formula is C21H22N2O4. The van der Waals surface area contributed by atoms with Crippen LogP contribution in [0.25, 0.3) is 0 Å². The number of carboxylic acids is 1. The monoisotopic (exact) mass is 366 g/mol. The van der Waals surface area contributed by atoms with E-state index in [-0.39, 0.29) is 5.91 Å². The van der Waals surface area contributed by atoms with Gasteiger partial charge in [0.05, 0.1) is 0 Å². The summed E-state index contributed by atoms with van der Waals surface area (Å²) >= 11 is 0. The molecule has 0 fully saturated rings. The van der Waals surface area contributed by atoms with Gasteiger partial charge in [-0.1, -0.05) is 24.3 Å². The Morgan fingerprint density at radius 1 is 1.00 bits per heavy atom. The van der Waals surface area contributed by atoms with E-state index in [4.69, 9.17) is 5.11 Å². The molecule has 140 valence electrons. The molecule has 2 aromatic rings. The molecule has 6 heteroatoms. The number of hydrogen-bond acceptors (Lipinski definition) is 3. The lowest BCUT2D eigenvalue weighted by atomic mass is 9.82. The average Bonchev–Trinajstić information content (AvgIpc) is 2.66. The molecule has 0 heterocycles. The lowest BCUT2D eigenvalue weighted by Crippen LogP contribution is -2.29. The van der Waals surface area contributed by atoms with Crippen molar-refractivity contribution >= 4 is 23.5 Å². The number of amides is 2. The molecule has 0 saturated carbocycles. The summed E-state index contributed by atoms with van der Waals surface area (Å²) in [6.45, 7) is -0.429. The first-order chi connectivity index (χ1) is 13.0. The molecule has 2 amide bonds. The first-order valence-corrected chi connectivity index (χ1v) is 8.98. The molecule has 0 radical (unpaired) electrons. The van der Waals surface area contributed by atoms with Gasteiger partial charge in [0.15, 0.2) is 0 Å². The maximum absolute atomic E-state index is 12.3. The van der Waals surface area contributed by atoms with Gasteiger partial charge in [0, 0.05) is 17.7 Å². The number of carbonyl (C=O) groups is 3. The zero-order valence-electron chi connectivity index (χ0n) is 14.9. The van der Waals surface area contributed by atoms with Crippen molar-refractivity contribution in [3.8, 4) is 0 Å². The van der Waals surface area contributed by atoms with Gasteiger partial charge in [0.2, 0.25) is 5.91 Å². The number of benzene rings is 2. The van der Waals surface area contributed by atoms with Gasteiger partial charge in [0.25, 0.3) is 5.91 Å². The third-order valence-corrected chi connectivity index (χ3v) is 4.75. The van der Waals surface area contributed by atoms with Crippen LogP contribution in [-0.4, -0.2) is 29.4 Å². The number of anilines is 1. The van der Waals surface area contributed by atoms with Gasteiger partial charge in [-0.15, -0.1) is 0 Å². The van der Waals surface area contributed by atoms with Crippen molar-refractivity contribution in [2.75, 3.05) is 11.9 Å². The quantitative estimate of drug-likeness (QED) is 0.732. The molecule has 0 bridgehead atoms. The van der Waals surface area contributed by atoms with Crippen LogP contribution in [0.5, 0.6) is 0 Å². The highest BCUT2D eigenvalue weighted by atomic mass is 16.4.